The van der Waals surface area contributed by atoms with Crippen molar-refractivity contribution in [3.63, 3.8) is 0 Å². The van der Waals surface area contributed by atoms with Gasteiger partial charge in [-0.05, 0) is 17.5 Å². The highest BCUT2D eigenvalue weighted by Crippen LogP contribution is 2.26. The largest absolute Gasteiger partial charge is 0.383 e. The van der Waals surface area contributed by atoms with Crippen molar-refractivity contribution in [3.05, 3.63) is 36.0 Å². The number of sulfonamides is 1. The Hall–Kier alpha value is -2.02. The van der Waals surface area contributed by atoms with Crippen molar-refractivity contribution in [3.8, 4) is 0 Å². The molecule has 1 heterocycles. The number of nitrogens with two attached hydrogens (primary N) is 1. The molecule has 2 aromatic rings. The van der Waals surface area contributed by atoms with E-state index >= 15 is 0 Å². The molecule has 6 nitrogen and oxygen atoms in total. The number of aromatic amines is 1. The molecule has 0 fully saturated rings. The number of nitrogen functional groups attached to an aromatic ring is 1. The number of benzene rings is 1. The summed E-state index contributed by atoms with van der Waals surface area (Å²) in [7, 11) is -3.73. The summed E-state index contributed by atoms with van der Waals surface area (Å²) < 4.78 is 27.0. The van der Waals surface area contributed by atoms with E-state index in [0.717, 1.165) is 5.56 Å². The zero-order valence-electron chi connectivity index (χ0n) is 10.7. The molecule has 0 amide bonds. The lowest BCUT2D eigenvalue weighted by Gasteiger charge is -2.14. The number of hydrogen-bond donors (Lipinski definition) is 3. The minimum Gasteiger partial charge on any atom is -0.383 e. The molecule has 0 bridgehead atoms. The molecule has 0 aliphatic heterocycles. The molecule has 0 unspecified atom stereocenters. The van der Waals surface area contributed by atoms with E-state index in [1.54, 1.807) is 12.1 Å². The zero-order chi connectivity index (χ0) is 14.0. The molecule has 2 rings (SSSR count). The summed E-state index contributed by atoms with van der Waals surface area (Å²) >= 11 is 0. The number of hydrogen-bond acceptors (Lipinski definition) is 4. The maximum absolute atomic E-state index is 12.2. The SMILES string of the molecule is CC(C)c1ccccc1NS(=O)(=O)c1cn[nH]c1N. The van der Waals surface area contributed by atoms with Gasteiger partial charge in [-0.3, -0.25) is 9.82 Å². The van der Waals surface area contributed by atoms with Crippen LogP contribution in [-0.4, -0.2) is 18.6 Å². The van der Waals surface area contributed by atoms with E-state index in [1.165, 1.54) is 6.20 Å². The van der Waals surface area contributed by atoms with Gasteiger partial charge in [0.15, 0.2) is 0 Å². The van der Waals surface area contributed by atoms with Crippen LogP contribution in [0.25, 0.3) is 0 Å². The van der Waals surface area contributed by atoms with E-state index in [0.29, 0.717) is 5.69 Å². The van der Waals surface area contributed by atoms with Crippen molar-refractivity contribution < 1.29 is 8.42 Å². The van der Waals surface area contributed by atoms with Crippen LogP contribution in [0.2, 0.25) is 0 Å². The van der Waals surface area contributed by atoms with Crippen LogP contribution in [-0.2, 0) is 10.0 Å². The van der Waals surface area contributed by atoms with Crippen LogP contribution in [0.4, 0.5) is 11.5 Å². The maximum Gasteiger partial charge on any atom is 0.267 e. The molecule has 0 aliphatic rings. The summed E-state index contributed by atoms with van der Waals surface area (Å²) in [6.45, 7) is 4.00. The average molecular weight is 280 g/mol. The highest BCUT2D eigenvalue weighted by atomic mass is 32.2. The van der Waals surface area contributed by atoms with Gasteiger partial charge in [0.2, 0.25) is 0 Å². The number of rotatable bonds is 4. The first-order chi connectivity index (χ1) is 8.92. The highest BCUT2D eigenvalue weighted by molar-refractivity contribution is 7.92. The van der Waals surface area contributed by atoms with Crippen molar-refractivity contribution in [1.82, 2.24) is 10.2 Å². The van der Waals surface area contributed by atoms with Crippen molar-refractivity contribution in [2.45, 2.75) is 24.7 Å². The van der Waals surface area contributed by atoms with Gasteiger partial charge in [0.05, 0.1) is 11.9 Å². The first-order valence-electron chi connectivity index (χ1n) is 5.82. The van der Waals surface area contributed by atoms with Crippen LogP contribution < -0.4 is 10.5 Å². The van der Waals surface area contributed by atoms with E-state index in [9.17, 15) is 8.42 Å². The van der Waals surface area contributed by atoms with Crippen molar-refractivity contribution in [2.75, 3.05) is 10.5 Å². The Labute approximate surface area is 112 Å². The van der Waals surface area contributed by atoms with Crippen LogP contribution >= 0.6 is 0 Å². The topological polar surface area (TPSA) is 101 Å². The third kappa shape index (κ3) is 2.70. The molecule has 0 aliphatic carbocycles. The van der Waals surface area contributed by atoms with E-state index in [-0.39, 0.29) is 16.6 Å². The van der Waals surface area contributed by atoms with Crippen LogP contribution in [0, 0.1) is 0 Å². The van der Waals surface area contributed by atoms with Crippen molar-refractivity contribution in [1.29, 1.82) is 0 Å². The quantitative estimate of drug-likeness (QED) is 0.796. The number of anilines is 2. The molecular formula is C12H16N4O2S. The molecule has 0 saturated heterocycles. The lowest BCUT2D eigenvalue weighted by atomic mass is 10.0. The molecule has 0 spiro atoms. The van der Waals surface area contributed by atoms with Gasteiger partial charge in [-0.15, -0.1) is 0 Å². The molecule has 0 radical (unpaired) electrons. The van der Waals surface area contributed by atoms with Crippen molar-refractivity contribution >= 4 is 21.5 Å². The van der Waals surface area contributed by atoms with Crippen LogP contribution in [0.1, 0.15) is 25.3 Å². The molecule has 0 atom stereocenters. The molecule has 102 valence electrons. The predicted molar refractivity (Wildman–Crippen MR) is 74.3 cm³/mol. The van der Waals surface area contributed by atoms with E-state index in [2.05, 4.69) is 14.9 Å². The van der Waals surface area contributed by atoms with Gasteiger partial charge in [0.1, 0.15) is 10.7 Å². The molecular weight excluding hydrogens is 264 g/mol. The predicted octanol–water partition coefficient (Wildman–Crippen LogP) is 1.92. The van der Waals surface area contributed by atoms with E-state index in [1.807, 2.05) is 26.0 Å². The van der Waals surface area contributed by atoms with E-state index in [4.69, 9.17) is 5.73 Å². The summed E-state index contributed by atoms with van der Waals surface area (Å²) in [4.78, 5) is -0.0499. The number of aromatic nitrogens is 2. The Morgan fingerprint density at radius 2 is 2.00 bits per heavy atom. The van der Waals surface area contributed by atoms with Gasteiger partial charge < -0.3 is 5.73 Å². The highest BCUT2D eigenvalue weighted by Gasteiger charge is 2.20. The second-order valence-corrected chi connectivity index (χ2v) is 6.15. The van der Waals surface area contributed by atoms with Gasteiger partial charge in [-0.25, -0.2) is 8.42 Å². The first-order valence-corrected chi connectivity index (χ1v) is 7.30. The minimum absolute atomic E-state index is 0.0227. The fourth-order valence-corrected chi connectivity index (χ4v) is 2.90. The summed E-state index contributed by atoms with van der Waals surface area (Å²) in [5.74, 6) is 0.232. The summed E-state index contributed by atoms with van der Waals surface area (Å²) in [5, 5.41) is 6.02. The number of para-hydroxylation sites is 1. The first kappa shape index (κ1) is 13.4. The van der Waals surface area contributed by atoms with Gasteiger partial charge >= 0.3 is 0 Å². The van der Waals surface area contributed by atoms with Crippen LogP contribution in [0.3, 0.4) is 0 Å². The summed E-state index contributed by atoms with van der Waals surface area (Å²) in [5.41, 5.74) is 7.02. The zero-order valence-corrected chi connectivity index (χ0v) is 11.5. The monoisotopic (exact) mass is 280 g/mol. The number of H-pyrrole nitrogens is 1. The Bertz CT molecular complexity index is 677. The van der Waals surface area contributed by atoms with Gasteiger partial charge in [-0.1, -0.05) is 32.0 Å². The third-order valence-electron chi connectivity index (χ3n) is 2.75. The average Bonchev–Trinajstić information content (AvgIpc) is 2.76. The second-order valence-electron chi connectivity index (χ2n) is 4.50. The standard InChI is InChI=1S/C12H16N4O2S/c1-8(2)9-5-3-4-6-10(9)16-19(17,18)11-7-14-15-12(11)13/h3-8,16H,1-2H3,(H3,13,14,15). The molecule has 7 heteroatoms. The third-order valence-corrected chi connectivity index (χ3v) is 4.14. The second kappa shape index (κ2) is 4.93. The maximum atomic E-state index is 12.2. The Balaban J connectivity index is 2.39. The van der Waals surface area contributed by atoms with Crippen LogP contribution in [0.5, 0.6) is 0 Å². The fraction of sp³-hybridized carbons (Fsp3) is 0.250. The Kier molecular flexibility index (Phi) is 3.48. The molecule has 1 aromatic heterocycles. The lowest BCUT2D eigenvalue weighted by molar-refractivity contribution is 0.601. The van der Waals surface area contributed by atoms with Gasteiger partial charge in [0, 0.05) is 0 Å². The molecule has 19 heavy (non-hydrogen) atoms. The molecule has 0 saturated carbocycles. The lowest BCUT2D eigenvalue weighted by Crippen LogP contribution is -2.15. The summed E-state index contributed by atoms with van der Waals surface area (Å²) in [6, 6.07) is 7.27. The minimum atomic E-state index is -3.73. The molecule has 1 aromatic carbocycles. The smallest absolute Gasteiger partial charge is 0.267 e. The van der Waals surface area contributed by atoms with Gasteiger partial charge in [-0.2, -0.15) is 5.10 Å². The summed E-state index contributed by atoms with van der Waals surface area (Å²) in [6.07, 6.45) is 1.19. The van der Waals surface area contributed by atoms with Gasteiger partial charge in [0.25, 0.3) is 10.0 Å². The number of nitrogens with one attached hydrogen (secondary N) is 2. The molecule has 4 N–H and O–H groups in total. The normalized spacial score (nSPS) is 11.7. The Morgan fingerprint density at radius 3 is 2.58 bits per heavy atom. The van der Waals surface area contributed by atoms with Crippen molar-refractivity contribution in [2.24, 2.45) is 0 Å². The fourth-order valence-electron chi connectivity index (χ4n) is 1.79. The van der Waals surface area contributed by atoms with E-state index < -0.39 is 10.0 Å². The Morgan fingerprint density at radius 1 is 1.32 bits per heavy atom. The number of nitrogens with zero attached hydrogens (tertiary/aromatic N) is 1. The van der Waals surface area contributed by atoms with Crippen LogP contribution in [0.15, 0.2) is 35.4 Å².